The molecule has 1 aromatic rings. The summed E-state index contributed by atoms with van der Waals surface area (Å²) in [7, 11) is 1.79. The molecular weight excluding hydrogens is 326 g/mol. The fraction of sp³-hybridized carbons (Fsp3) is 0.688. The first-order valence-electron chi connectivity index (χ1n) is 8.44. The van der Waals surface area contributed by atoms with Gasteiger partial charge < -0.3 is 19.9 Å². The van der Waals surface area contributed by atoms with Crippen LogP contribution >= 0.6 is 11.3 Å². The van der Waals surface area contributed by atoms with E-state index in [1.165, 1.54) is 0 Å². The van der Waals surface area contributed by atoms with Crippen LogP contribution in [0.25, 0.3) is 0 Å². The summed E-state index contributed by atoms with van der Waals surface area (Å²) in [5.74, 6) is 1.01. The van der Waals surface area contributed by atoms with Crippen LogP contribution in [0, 0.1) is 6.92 Å². The van der Waals surface area contributed by atoms with Gasteiger partial charge in [-0.3, -0.25) is 9.79 Å². The Morgan fingerprint density at radius 2 is 2.17 bits per heavy atom. The van der Waals surface area contributed by atoms with Gasteiger partial charge in [0.05, 0.1) is 6.54 Å². The van der Waals surface area contributed by atoms with Crippen LogP contribution in [0.4, 0.5) is 0 Å². The SMILES string of the molecule is CN=C(NCc1nc(C)cs1)N1CCN(C(=O)C2CCCO2)CC1. The minimum atomic E-state index is -0.220. The third kappa shape index (κ3) is 4.05. The number of rotatable bonds is 3. The van der Waals surface area contributed by atoms with Crippen LogP contribution in [-0.2, 0) is 16.1 Å². The summed E-state index contributed by atoms with van der Waals surface area (Å²) in [6, 6.07) is 0. The Kier molecular flexibility index (Phi) is 5.68. The van der Waals surface area contributed by atoms with Gasteiger partial charge in [-0.2, -0.15) is 0 Å². The van der Waals surface area contributed by atoms with Crippen molar-refractivity contribution in [3.63, 3.8) is 0 Å². The van der Waals surface area contributed by atoms with E-state index in [-0.39, 0.29) is 12.0 Å². The van der Waals surface area contributed by atoms with Gasteiger partial charge in [-0.25, -0.2) is 4.98 Å². The lowest BCUT2D eigenvalue weighted by atomic mass is 10.2. The van der Waals surface area contributed by atoms with Crippen molar-refractivity contribution in [3.05, 3.63) is 16.1 Å². The van der Waals surface area contributed by atoms with Crippen LogP contribution in [0.5, 0.6) is 0 Å². The summed E-state index contributed by atoms with van der Waals surface area (Å²) in [5, 5.41) is 6.47. The van der Waals surface area contributed by atoms with Crippen molar-refractivity contribution in [1.29, 1.82) is 0 Å². The summed E-state index contributed by atoms with van der Waals surface area (Å²) in [5.41, 5.74) is 1.05. The largest absolute Gasteiger partial charge is 0.368 e. The van der Waals surface area contributed by atoms with Crippen molar-refractivity contribution in [2.24, 2.45) is 4.99 Å². The number of amides is 1. The lowest BCUT2D eigenvalue weighted by Crippen LogP contribution is -2.55. The zero-order valence-electron chi connectivity index (χ0n) is 14.3. The number of carbonyl (C=O) groups excluding carboxylic acids is 1. The Bertz CT molecular complexity index is 589. The van der Waals surface area contributed by atoms with Crippen LogP contribution in [-0.4, -0.2) is 72.6 Å². The molecule has 1 aromatic heterocycles. The number of aromatic nitrogens is 1. The molecule has 2 aliphatic rings. The molecule has 1 N–H and O–H groups in total. The van der Waals surface area contributed by atoms with E-state index in [9.17, 15) is 4.79 Å². The van der Waals surface area contributed by atoms with Crippen molar-refractivity contribution in [3.8, 4) is 0 Å². The standard InChI is InChI=1S/C16H25N5O2S/c1-12-11-24-14(19-12)10-18-16(17-2)21-7-5-20(6-8-21)15(22)13-4-3-9-23-13/h11,13H,3-10H2,1-2H3,(H,17,18). The Morgan fingerprint density at radius 3 is 2.75 bits per heavy atom. The predicted molar refractivity (Wildman–Crippen MR) is 94.2 cm³/mol. The number of piperazine rings is 1. The molecule has 0 aromatic carbocycles. The van der Waals surface area contributed by atoms with Crippen LogP contribution in [0.15, 0.2) is 10.4 Å². The molecule has 3 heterocycles. The maximum absolute atomic E-state index is 12.4. The first-order valence-corrected chi connectivity index (χ1v) is 9.32. The fourth-order valence-corrected chi connectivity index (χ4v) is 3.80. The number of ether oxygens (including phenoxy) is 1. The highest BCUT2D eigenvalue weighted by Crippen LogP contribution is 2.16. The molecule has 2 aliphatic heterocycles. The number of hydrogen-bond donors (Lipinski definition) is 1. The molecule has 24 heavy (non-hydrogen) atoms. The number of hydrogen-bond acceptors (Lipinski definition) is 5. The van der Waals surface area contributed by atoms with Gasteiger partial charge in [0.25, 0.3) is 5.91 Å². The van der Waals surface area contributed by atoms with Gasteiger partial charge in [-0.15, -0.1) is 11.3 Å². The number of thiazole rings is 1. The van der Waals surface area contributed by atoms with Crippen LogP contribution in [0.3, 0.4) is 0 Å². The molecule has 3 rings (SSSR count). The Labute approximate surface area is 146 Å². The normalized spacial score (nSPS) is 22.1. The second-order valence-corrected chi connectivity index (χ2v) is 7.04. The van der Waals surface area contributed by atoms with Gasteiger partial charge in [-0.05, 0) is 19.8 Å². The smallest absolute Gasteiger partial charge is 0.251 e. The molecule has 1 unspecified atom stereocenters. The molecule has 1 amide bonds. The van der Waals surface area contributed by atoms with Crippen molar-refractivity contribution >= 4 is 23.2 Å². The van der Waals surface area contributed by atoms with Gasteiger partial charge in [0.15, 0.2) is 5.96 Å². The predicted octanol–water partition coefficient (Wildman–Crippen LogP) is 0.850. The number of carbonyl (C=O) groups is 1. The van der Waals surface area contributed by atoms with Gasteiger partial charge in [0, 0.05) is 50.9 Å². The molecule has 0 spiro atoms. The maximum Gasteiger partial charge on any atom is 0.251 e. The van der Waals surface area contributed by atoms with E-state index in [2.05, 4.69) is 25.6 Å². The Hall–Kier alpha value is -1.67. The highest BCUT2D eigenvalue weighted by Gasteiger charge is 2.30. The van der Waals surface area contributed by atoms with Crippen molar-refractivity contribution in [2.75, 3.05) is 39.8 Å². The van der Waals surface area contributed by atoms with Crippen LogP contribution in [0.2, 0.25) is 0 Å². The number of aryl methyl sites for hydroxylation is 1. The summed E-state index contributed by atoms with van der Waals surface area (Å²) < 4.78 is 5.51. The average Bonchev–Trinajstić information content (AvgIpc) is 3.27. The number of aliphatic imine (C=N–C) groups is 1. The number of nitrogens with one attached hydrogen (secondary N) is 1. The summed E-state index contributed by atoms with van der Waals surface area (Å²) in [4.78, 5) is 25.3. The highest BCUT2D eigenvalue weighted by molar-refractivity contribution is 7.09. The molecule has 0 radical (unpaired) electrons. The minimum absolute atomic E-state index is 0.147. The third-order valence-corrected chi connectivity index (χ3v) is 5.34. The van der Waals surface area contributed by atoms with E-state index < -0.39 is 0 Å². The van der Waals surface area contributed by atoms with Gasteiger partial charge in [0.1, 0.15) is 11.1 Å². The molecule has 132 valence electrons. The highest BCUT2D eigenvalue weighted by atomic mass is 32.1. The fourth-order valence-electron chi connectivity index (χ4n) is 3.09. The maximum atomic E-state index is 12.4. The van der Waals surface area contributed by atoms with E-state index in [4.69, 9.17) is 4.74 Å². The minimum Gasteiger partial charge on any atom is -0.368 e. The molecule has 0 bridgehead atoms. The molecule has 2 saturated heterocycles. The van der Waals surface area contributed by atoms with Gasteiger partial charge >= 0.3 is 0 Å². The molecule has 0 aliphatic carbocycles. The van der Waals surface area contributed by atoms with Gasteiger partial charge in [0.2, 0.25) is 0 Å². The summed E-state index contributed by atoms with van der Waals surface area (Å²) in [6.07, 6.45) is 1.63. The zero-order chi connectivity index (χ0) is 16.9. The van der Waals surface area contributed by atoms with Crippen LogP contribution in [0.1, 0.15) is 23.5 Å². The number of guanidine groups is 1. The van der Waals surface area contributed by atoms with E-state index in [0.717, 1.165) is 55.7 Å². The lowest BCUT2D eigenvalue weighted by molar-refractivity contribution is -0.142. The monoisotopic (exact) mass is 351 g/mol. The molecular formula is C16H25N5O2S. The Balaban J connectivity index is 1.48. The second kappa shape index (κ2) is 7.94. The number of nitrogens with zero attached hydrogens (tertiary/aromatic N) is 4. The molecule has 7 nitrogen and oxygen atoms in total. The van der Waals surface area contributed by atoms with Gasteiger partial charge in [-0.1, -0.05) is 0 Å². The zero-order valence-corrected chi connectivity index (χ0v) is 15.1. The first kappa shape index (κ1) is 17.2. The third-order valence-electron chi connectivity index (χ3n) is 4.37. The van der Waals surface area contributed by atoms with E-state index in [1.807, 2.05) is 11.8 Å². The van der Waals surface area contributed by atoms with E-state index in [0.29, 0.717) is 13.2 Å². The molecule has 0 saturated carbocycles. The van der Waals surface area contributed by atoms with Crippen molar-refractivity contribution in [1.82, 2.24) is 20.1 Å². The topological polar surface area (TPSA) is 70.1 Å². The quantitative estimate of drug-likeness (QED) is 0.646. The molecule has 1 atom stereocenters. The first-order chi connectivity index (χ1) is 11.7. The van der Waals surface area contributed by atoms with Crippen molar-refractivity contribution in [2.45, 2.75) is 32.4 Å². The van der Waals surface area contributed by atoms with Crippen LogP contribution < -0.4 is 5.32 Å². The second-order valence-electron chi connectivity index (χ2n) is 6.10. The lowest BCUT2D eigenvalue weighted by Gasteiger charge is -2.37. The van der Waals surface area contributed by atoms with Crippen molar-refractivity contribution < 1.29 is 9.53 Å². The Morgan fingerprint density at radius 1 is 1.42 bits per heavy atom. The summed E-state index contributed by atoms with van der Waals surface area (Å²) in [6.45, 7) is 6.40. The molecule has 8 heteroatoms. The molecule has 2 fully saturated rings. The summed E-state index contributed by atoms with van der Waals surface area (Å²) >= 11 is 1.65. The average molecular weight is 351 g/mol. The van der Waals surface area contributed by atoms with E-state index in [1.54, 1.807) is 18.4 Å². The van der Waals surface area contributed by atoms with E-state index >= 15 is 0 Å².